The van der Waals surface area contributed by atoms with E-state index in [1.807, 2.05) is 0 Å². The van der Waals surface area contributed by atoms with Crippen LogP contribution in [0.4, 0.5) is 0 Å². The smallest absolute Gasteiger partial charge is 0.266 e. The summed E-state index contributed by atoms with van der Waals surface area (Å²) in [5.41, 5.74) is 0. The van der Waals surface area contributed by atoms with Gasteiger partial charge in [-0.2, -0.15) is 8.42 Å². The zero-order valence-electron chi connectivity index (χ0n) is 6.61. The second-order valence-corrected chi connectivity index (χ2v) is 3.59. The molecule has 0 bridgehead atoms. The van der Waals surface area contributed by atoms with Gasteiger partial charge in [0.25, 0.3) is 10.1 Å². The van der Waals surface area contributed by atoms with Gasteiger partial charge >= 0.3 is 0 Å². The van der Waals surface area contributed by atoms with Crippen molar-refractivity contribution in [3.63, 3.8) is 0 Å². The SMILES string of the molecule is C=CCOC(C)OS(C)(=O)=O. The van der Waals surface area contributed by atoms with Gasteiger partial charge in [0.05, 0.1) is 12.9 Å². The van der Waals surface area contributed by atoms with E-state index in [9.17, 15) is 8.42 Å². The number of hydrogen-bond donors (Lipinski definition) is 0. The highest BCUT2D eigenvalue weighted by Crippen LogP contribution is 1.97. The van der Waals surface area contributed by atoms with E-state index in [0.717, 1.165) is 6.26 Å². The average molecular weight is 180 g/mol. The van der Waals surface area contributed by atoms with E-state index in [1.54, 1.807) is 0 Å². The zero-order chi connectivity index (χ0) is 8.91. The van der Waals surface area contributed by atoms with Gasteiger partial charge in [-0.15, -0.1) is 6.58 Å². The molecule has 0 aliphatic rings. The minimum Gasteiger partial charge on any atom is -0.348 e. The molecule has 0 saturated heterocycles. The molecular weight excluding hydrogens is 168 g/mol. The van der Waals surface area contributed by atoms with Gasteiger partial charge in [-0.05, 0) is 6.92 Å². The molecule has 5 heteroatoms. The lowest BCUT2D eigenvalue weighted by Crippen LogP contribution is -2.17. The minimum atomic E-state index is -3.41. The molecule has 0 rings (SSSR count). The maximum atomic E-state index is 10.5. The van der Waals surface area contributed by atoms with E-state index < -0.39 is 16.4 Å². The summed E-state index contributed by atoms with van der Waals surface area (Å²) >= 11 is 0. The van der Waals surface area contributed by atoms with E-state index >= 15 is 0 Å². The molecule has 0 aliphatic carbocycles. The van der Waals surface area contributed by atoms with E-state index in [0.29, 0.717) is 0 Å². The van der Waals surface area contributed by atoms with Gasteiger partial charge in [-0.3, -0.25) is 0 Å². The third-order valence-corrected chi connectivity index (χ3v) is 1.38. The lowest BCUT2D eigenvalue weighted by molar-refractivity contribution is -0.0499. The number of hydrogen-bond acceptors (Lipinski definition) is 4. The lowest BCUT2D eigenvalue weighted by Gasteiger charge is -2.09. The highest BCUT2D eigenvalue weighted by Gasteiger charge is 2.08. The Labute approximate surface area is 66.9 Å². The Balaban J connectivity index is 3.69. The highest BCUT2D eigenvalue weighted by atomic mass is 32.2. The van der Waals surface area contributed by atoms with Crippen molar-refractivity contribution < 1.29 is 17.3 Å². The monoisotopic (exact) mass is 180 g/mol. The lowest BCUT2D eigenvalue weighted by atomic mass is 10.7. The van der Waals surface area contributed by atoms with Crippen molar-refractivity contribution >= 4 is 10.1 Å². The van der Waals surface area contributed by atoms with Crippen molar-refractivity contribution in [2.24, 2.45) is 0 Å². The van der Waals surface area contributed by atoms with Gasteiger partial charge in [0, 0.05) is 0 Å². The van der Waals surface area contributed by atoms with Gasteiger partial charge in [0.15, 0.2) is 6.29 Å². The van der Waals surface area contributed by atoms with E-state index in [4.69, 9.17) is 4.74 Å². The molecule has 0 N–H and O–H groups in total. The first-order valence-electron chi connectivity index (χ1n) is 3.06. The van der Waals surface area contributed by atoms with Crippen LogP contribution in [-0.2, 0) is 19.0 Å². The van der Waals surface area contributed by atoms with Crippen LogP contribution in [0, 0.1) is 0 Å². The predicted octanol–water partition coefficient (Wildman–Crippen LogP) is 0.511. The maximum Gasteiger partial charge on any atom is 0.266 e. The minimum absolute atomic E-state index is 0.274. The molecular formula is C6H12O4S. The summed E-state index contributed by atoms with van der Waals surface area (Å²) < 4.78 is 30.2. The molecule has 0 heterocycles. The summed E-state index contributed by atoms with van der Waals surface area (Å²) in [5.74, 6) is 0. The Morgan fingerprint density at radius 1 is 1.64 bits per heavy atom. The summed E-state index contributed by atoms with van der Waals surface area (Å²) in [6.07, 6.45) is 1.74. The Kier molecular flexibility index (Phi) is 4.32. The molecule has 0 aromatic carbocycles. The van der Waals surface area contributed by atoms with Crippen molar-refractivity contribution in [3.8, 4) is 0 Å². The van der Waals surface area contributed by atoms with Gasteiger partial charge < -0.3 is 4.74 Å². The van der Waals surface area contributed by atoms with Crippen molar-refractivity contribution in [1.82, 2.24) is 0 Å². The molecule has 4 nitrogen and oxygen atoms in total. The van der Waals surface area contributed by atoms with Crippen LogP contribution in [0.3, 0.4) is 0 Å². The molecule has 0 aromatic heterocycles. The molecule has 1 atom stereocenters. The summed E-state index contributed by atoms with van der Waals surface area (Å²) in [6.45, 7) is 5.18. The van der Waals surface area contributed by atoms with Crippen molar-refractivity contribution in [2.75, 3.05) is 12.9 Å². The van der Waals surface area contributed by atoms with Crippen LogP contribution in [0.2, 0.25) is 0 Å². The predicted molar refractivity (Wildman–Crippen MR) is 41.5 cm³/mol. The molecule has 0 fully saturated rings. The topological polar surface area (TPSA) is 52.6 Å². The summed E-state index contributed by atoms with van der Waals surface area (Å²) in [6, 6.07) is 0. The molecule has 0 amide bonds. The van der Waals surface area contributed by atoms with E-state index in [2.05, 4.69) is 10.8 Å². The highest BCUT2D eigenvalue weighted by molar-refractivity contribution is 7.86. The van der Waals surface area contributed by atoms with Crippen molar-refractivity contribution in [3.05, 3.63) is 12.7 Å². The summed E-state index contributed by atoms with van der Waals surface area (Å²) in [4.78, 5) is 0. The summed E-state index contributed by atoms with van der Waals surface area (Å²) in [5, 5.41) is 0. The second-order valence-electron chi connectivity index (χ2n) is 1.99. The average Bonchev–Trinajstić information content (AvgIpc) is 1.79. The van der Waals surface area contributed by atoms with Crippen LogP contribution in [0.25, 0.3) is 0 Å². The Bertz CT molecular complexity index is 207. The van der Waals surface area contributed by atoms with Crippen LogP contribution < -0.4 is 0 Å². The zero-order valence-corrected chi connectivity index (χ0v) is 7.43. The molecule has 0 radical (unpaired) electrons. The van der Waals surface area contributed by atoms with Crippen LogP contribution in [0.5, 0.6) is 0 Å². The summed E-state index contributed by atoms with van der Waals surface area (Å²) in [7, 11) is -3.41. The molecule has 0 spiro atoms. The number of ether oxygens (including phenoxy) is 1. The largest absolute Gasteiger partial charge is 0.348 e. The van der Waals surface area contributed by atoms with Crippen LogP contribution in [0.1, 0.15) is 6.92 Å². The molecule has 0 saturated carbocycles. The quantitative estimate of drug-likeness (QED) is 0.351. The van der Waals surface area contributed by atoms with Gasteiger partial charge in [0.1, 0.15) is 0 Å². The first-order chi connectivity index (χ1) is 4.95. The van der Waals surface area contributed by atoms with E-state index in [1.165, 1.54) is 13.0 Å². The first-order valence-corrected chi connectivity index (χ1v) is 4.88. The first kappa shape index (κ1) is 10.6. The Morgan fingerprint density at radius 3 is 2.55 bits per heavy atom. The third-order valence-electron chi connectivity index (χ3n) is 0.759. The fraction of sp³-hybridized carbons (Fsp3) is 0.667. The maximum absolute atomic E-state index is 10.5. The number of rotatable bonds is 5. The molecule has 1 unspecified atom stereocenters. The Morgan fingerprint density at radius 2 is 2.18 bits per heavy atom. The molecule has 66 valence electrons. The van der Waals surface area contributed by atoms with Crippen LogP contribution >= 0.6 is 0 Å². The van der Waals surface area contributed by atoms with Crippen LogP contribution in [-0.4, -0.2) is 27.6 Å². The standard InChI is InChI=1S/C6H12O4S/c1-4-5-9-6(2)10-11(3,7)8/h4,6H,1,5H2,2-3H3. The molecule has 11 heavy (non-hydrogen) atoms. The van der Waals surface area contributed by atoms with Gasteiger partial charge in [0.2, 0.25) is 0 Å². The molecule has 0 aliphatic heterocycles. The van der Waals surface area contributed by atoms with Gasteiger partial charge in [-0.1, -0.05) is 6.08 Å². The van der Waals surface area contributed by atoms with Crippen molar-refractivity contribution in [1.29, 1.82) is 0 Å². The van der Waals surface area contributed by atoms with Gasteiger partial charge in [-0.25, -0.2) is 4.18 Å². The fourth-order valence-electron chi connectivity index (χ4n) is 0.477. The normalized spacial score (nSPS) is 14.4. The third kappa shape index (κ3) is 7.51. The Hall–Kier alpha value is -0.390. The second kappa shape index (κ2) is 4.48. The van der Waals surface area contributed by atoms with Crippen LogP contribution in [0.15, 0.2) is 12.7 Å². The molecule has 0 aromatic rings. The fourth-order valence-corrected chi connectivity index (χ4v) is 1.03. The van der Waals surface area contributed by atoms with E-state index in [-0.39, 0.29) is 6.61 Å². The van der Waals surface area contributed by atoms with Crippen molar-refractivity contribution in [2.45, 2.75) is 13.2 Å².